The van der Waals surface area contributed by atoms with E-state index in [-0.39, 0.29) is 0 Å². The molecule has 1 aliphatic rings. The van der Waals surface area contributed by atoms with Crippen molar-refractivity contribution in [3.05, 3.63) is 55.5 Å². The molecule has 2 aromatic rings. The Morgan fingerprint density at radius 1 is 1.17 bits per heavy atom. The van der Waals surface area contributed by atoms with Gasteiger partial charge in [-0.1, -0.05) is 26.5 Å². The van der Waals surface area contributed by atoms with Gasteiger partial charge in [0.1, 0.15) is 0 Å². The third-order valence-corrected chi connectivity index (χ3v) is 4.99. The second-order valence-electron chi connectivity index (χ2n) is 7.88. The molecule has 2 N–H and O–H groups in total. The molecule has 6 nitrogen and oxygen atoms in total. The molecule has 0 saturated carbocycles. The van der Waals surface area contributed by atoms with Gasteiger partial charge in [0.15, 0.2) is 0 Å². The van der Waals surface area contributed by atoms with Crippen LogP contribution in [0.1, 0.15) is 25.8 Å². The van der Waals surface area contributed by atoms with Crippen molar-refractivity contribution >= 4 is 11.2 Å². The van der Waals surface area contributed by atoms with Gasteiger partial charge in [0, 0.05) is 59.1 Å². The van der Waals surface area contributed by atoms with Crippen molar-refractivity contribution in [2.24, 2.45) is 5.92 Å². The van der Waals surface area contributed by atoms with Crippen LogP contribution in [0.5, 0.6) is 0 Å². The first-order valence-electron chi connectivity index (χ1n) is 10.6. The molecule has 3 heterocycles. The monoisotopic (exact) mass is 398 g/mol. The maximum Gasteiger partial charge on any atom is 0.0896 e. The summed E-state index contributed by atoms with van der Waals surface area (Å²) >= 11 is 0. The lowest BCUT2D eigenvalue weighted by molar-refractivity contribution is 0.117. The molecule has 0 aliphatic carbocycles. The Balaban J connectivity index is 0.000000370. The molecule has 160 valence electrons. The maximum atomic E-state index is 4.35. The molecule has 29 heavy (non-hydrogen) atoms. The summed E-state index contributed by atoms with van der Waals surface area (Å²) in [5, 5.41) is 10.5. The number of fused-ring (bicyclic) bond motifs is 1. The Morgan fingerprint density at radius 2 is 1.90 bits per heavy atom. The third-order valence-electron chi connectivity index (χ3n) is 4.99. The molecule has 1 fully saturated rings. The maximum absolute atomic E-state index is 4.35. The van der Waals surface area contributed by atoms with Crippen LogP contribution in [0.2, 0.25) is 0 Å². The van der Waals surface area contributed by atoms with Crippen molar-refractivity contribution in [1.29, 1.82) is 0 Å². The molecule has 1 saturated heterocycles. The predicted octanol–water partition coefficient (Wildman–Crippen LogP) is 3.45. The quantitative estimate of drug-likeness (QED) is 0.500. The summed E-state index contributed by atoms with van der Waals surface area (Å²) in [6, 6.07) is 4.43. The van der Waals surface area contributed by atoms with Gasteiger partial charge in [-0.05, 0) is 36.2 Å². The molecule has 1 aliphatic heterocycles. The van der Waals surface area contributed by atoms with Crippen LogP contribution in [0.15, 0.2) is 50.0 Å². The molecule has 2 aromatic heterocycles. The molecule has 0 spiro atoms. The fraction of sp³-hybridized carbons (Fsp3) is 0.522. The third kappa shape index (κ3) is 7.55. The van der Waals surface area contributed by atoms with Crippen molar-refractivity contribution < 1.29 is 0 Å². The highest BCUT2D eigenvalue weighted by atomic mass is 15.3. The van der Waals surface area contributed by atoms with E-state index < -0.39 is 0 Å². The van der Waals surface area contributed by atoms with Crippen LogP contribution in [0.3, 0.4) is 0 Å². The van der Waals surface area contributed by atoms with E-state index in [2.05, 4.69) is 70.9 Å². The Morgan fingerprint density at radius 3 is 2.52 bits per heavy atom. The number of pyridine rings is 1. The van der Waals surface area contributed by atoms with Crippen LogP contribution in [0.4, 0.5) is 5.69 Å². The summed E-state index contributed by atoms with van der Waals surface area (Å²) < 4.78 is 1.93. The van der Waals surface area contributed by atoms with Crippen LogP contribution in [0.25, 0.3) is 5.52 Å². The Labute approximate surface area is 176 Å². The van der Waals surface area contributed by atoms with Gasteiger partial charge in [-0.25, -0.2) is 4.52 Å². The van der Waals surface area contributed by atoms with Crippen LogP contribution < -0.4 is 10.6 Å². The highest BCUT2D eigenvalue weighted by molar-refractivity contribution is 5.71. The number of hydrogen-bond donors (Lipinski definition) is 2. The van der Waals surface area contributed by atoms with Crippen molar-refractivity contribution in [3.63, 3.8) is 0 Å². The van der Waals surface area contributed by atoms with E-state index in [1.807, 2.05) is 23.8 Å². The molecule has 0 amide bonds. The van der Waals surface area contributed by atoms with Gasteiger partial charge in [-0.15, -0.1) is 6.58 Å². The number of nitrogens with one attached hydrogen (secondary N) is 2. The van der Waals surface area contributed by atoms with Crippen molar-refractivity contribution in [2.75, 3.05) is 51.6 Å². The van der Waals surface area contributed by atoms with Crippen molar-refractivity contribution in [3.8, 4) is 0 Å². The molecule has 6 heteroatoms. The number of nitrogens with zero attached hydrogens (tertiary/aromatic N) is 4. The number of anilines is 1. The van der Waals surface area contributed by atoms with Crippen LogP contribution in [-0.2, 0) is 6.54 Å². The molecule has 0 atom stereocenters. The van der Waals surface area contributed by atoms with Crippen molar-refractivity contribution in [1.82, 2.24) is 24.7 Å². The zero-order valence-corrected chi connectivity index (χ0v) is 18.4. The predicted molar refractivity (Wildman–Crippen MR) is 124 cm³/mol. The van der Waals surface area contributed by atoms with E-state index >= 15 is 0 Å². The molecule has 3 rings (SSSR count). The van der Waals surface area contributed by atoms with E-state index in [9.17, 15) is 0 Å². The van der Waals surface area contributed by atoms with Crippen LogP contribution >= 0.6 is 0 Å². The van der Waals surface area contributed by atoms with Gasteiger partial charge < -0.3 is 15.5 Å². The SMILES string of the molecule is C=CCCNC=C.CNc1cnn2ccc(CN3CCN(CC(C)C)CC3)cc12. The van der Waals surface area contributed by atoms with Gasteiger partial charge >= 0.3 is 0 Å². The zero-order valence-electron chi connectivity index (χ0n) is 18.4. The molecule has 0 aromatic carbocycles. The van der Waals surface area contributed by atoms with E-state index in [1.54, 1.807) is 6.20 Å². The summed E-state index contributed by atoms with van der Waals surface area (Å²) in [4.78, 5) is 5.14. The highest BCUT2D eigenvalue weighted by Gasteiger charge is 2.17. The lowest BCUT2D eigenvalue weighted by atomic mass is 10.1. The summed E-state index contributed by atoms with van der Waals surface area (Å²) in [6.07, 6.45) is 8.50. The standard InChI is InChI=1S/C17H27N5.C6H11N/c1-14(2)12-20-6-8-21(9-7-20)13-15-4-5-22-17(10-15)16(18-3)11-19-22;1-3-5-6-7-4-2/h4-5,10-11,14,18H,6-9,12-13H2,1-3H3;3-4,7H,1-2,5-6H2. The molecule has 0 radical (unpaired) electrons. The molecule has 0 unspecified atom stereocenters. The first-order chi connectivity index (χ1) is 14.1. The Hall–Kier alpha value is -2.31. The largest absolute Gasteiger partial charge is 0.391 e. The lowest BCUT2D eigenvalue weighted by Crippen LogP contribution is -2.46. The van der Waals surface area contributed by atoms with E-state index in [0.717, 1.165) is 49.7 Å². The van der Waals surface area contributed by atoms with Crippen LogP contribution in [-0.4, -0.2) is 65.7 Å². The highest BCUT2D eigenvalue weighted by Crippen LogP contribution is 2.18. The summed E-state index contributed by atoms with van der Waals surface area (Å²) in [6.45, 7) is 19.5. The average molecular weight is 399 g/mol. The second-order valence-corrected chi connectivity index (χ2v) is 7.88. The van der Waals surface area contributed by atoms with E-state index in [1.165, 1.54) is 25.2 Å². The minimum atomic E-state index is 0.760. The van der Waals surface area contributed by atoms with Gasteiger partial charge in [0.2, 0.25) is 0 Å². The topological polar surface area (TPSA) is 47.8 Å². The van der Waals surface area contributed by atoms with Gasteiger partial charge in [0.05, 0.1) is 17.4 Å². The van der Waals surface area contributed by atoms with Crippen molar-refractivity contribution in [2.45, 2.75) is 26.8 Å². The first kappa shape index (κ1) is 23.0. The molecule has 0 bridgehead atoms. The Bertz CT molecular complexity index is 735. The normalized spacial score (nSPS) is 15.0. The minimum Gasteiger partial charge on any atom is -0.391 e. The number of aromatic nitrogens is 2. The smallest absolute Gasteiger partial charge is 0.0896 e. The number of piperazine rings is 1. The summed E-state index contributed by atoms with van der Waals surface area (Å²) in [5.41, 5.74) is 3.60. The number of rotatable bonds is 9. The minimum absolute atomic E-state index is 0.760. The zero-order chi connectivity index (χ0) is 21.1. The second kappa shape index (κ2) is 12.3. The summed E-state index contributed by atoms with van der Waals surface area (Å²) in [7, 11) is 1.94. The van der Waals surface area contributed by atoms with Gasteiger partial charge in [-0.2, -0.15) is 5.10 Å². The average Bonchev–Trinajstić information content (AvgIpc) is 3.12. The van der Waals surface area contributed by atoms with Gasteiger partial charge in [-0.3, -0.25) is 4.90 Å². The number of hydrogen-bond acceptors (Lipinski definition) is 5. The Kier molecular flexibility index (Phi) is 9.74. The molecular weight excluding hydrogens is 360 g/mol. The van der Waals surface area contributed by atoms with Crippen LogP contribution in [0, 0.1) is 5.92 Å². The fourth-order valence-electron chi connectivity index (χ4n) is 3.51. The fourth-order valence-corrected chi connectivity index (χ4v) is 3.51. The molecular formula is C23H38N6. The van der Waals surface area contributed by atoms with E-state index in [4.69, 9.17) is 0 Å². The first-order valence-corrected chi connectivity index (χ1v) is 10.6. The lowest BCUT2D eigenvalue weighted by Gasteiger charge is -2.35. The summed E-state index contributed by atoms with van der Waals surface area (Å²) in [5.74, 6) is 0.760. The van der Waals surface area contributed by atoms with Gasteiger partial charge in [0.25, 0.3) is 0 Å². The van der Waals surface area contributed by atoms with E-state index in [0.29, 0.717) is 0 Å².